The largest absolute Gasteiger partial charge is 0.444 e. The Kier molecular flexibility index (Phi) is 7.50. The molecule has 0 unspecified atom stereocenters. The summed E-state index contributed by atoms with van der Waals surface area (Å²) in [6.07, 6.45) is 0.985. The zero-order chi connectivity index (χ0) is 24.2. The van der Waals surface area contributed by atoms with Crippen molar-refractivity contribution >= 4 is 28.9 Å². The summed E-state index contributed by atoms with van der Waals surface area (Å²) in [5, 5.41) is 5.51. The Morgan fingerprint density at radius 3 is 2.30 bits per heavy atom. The second-order valence-electron chi connectivity index (χ2n) is 9.49. The first-order chi connectivity index (χ1) is 15.5. The van der Waals surface area contributed by atoms with Gasteiger partial charge in [-0.05, 0) is 71.6 Å². The normalized spacial score (nSPS) is 14.8. The van der Waals surface area contributed by atoms with Gasteiger partial charge in [-0.25, -0.2) is 14.8 Å². The summed E-state index contributed by atoms with van der Waals surface area (Å²) >= 11 is 0. The highest BCUT2D eigenvalue weighted by molar-refractivity contribution is 5.97. The van der Waals surface area contributed by atoms with E-state index >= 15 is 0 Å². The van der Waals surface area contributed by atoms with E-state index in [-0.39, 0.29) is 18.4 Å². The number of benzene rings is 1. The number of likely N-dealkylation sites (tertiary alicyclic amines) is 1. The lowest BCUT2D eigenvalue weighted by Crippen LogP contribution is -2.46. The molecular weight excluding hydrogens is 422 g/mol. The molecule has 2 aromatic rings. The van der Waals surface area contributed by atoms with Crippen molar-refractivity contribution in [1.29, 1.82) is 0 Å². The van der Waals surface area contributed by atoms with Gasteiger partial charge in [0.1, 0.15) is 12.1 Å². The fourth-order valence-electron chi connectivity index (χ4n) is 3.67. The minimum absolute atomic E-state index is 0.0832. The Hall–Kier alpha value is -3.23. The lowest BCUT2D eigenvalue weighted by Gasteiger charge is -2.32. The van der Waals surface area contributed by atoms with E-state index < -0.39 is 11.7 Å². The van der Waals surface area contributed by atoms with E-state index in [0.29, 0.717) is 36.6 Å². The number of alkyl carbamates (subject to hydrolysis) is 1. The van der Waals surface area contributed by atoms with Crippen molar-refractivity contribution in [2.24, 2.45) is 5.92 Å². The molecule has 2 N–H and O–H groups in total. The summed E-state index contributed by atoms with van der Waals surface area (Å²) in [4.78, 5) is 47.5. The molecule has 3 amide bonds. The average Bonchev–Trinajstić information content (AvgIpc) is 2.75. The van der Waals surface area contributed by atoms with Gasteiger partial charge in [0, 0.05) is 25.2 Å². The Bertz CT molecular complexity index is 1040. The predicted molar refractivity (Wildman–Crippen MR) is 125 cm³/mol. The summed E-state index contributed by atoms with van der Waals surface area (Å²) in [7, 11) is 0. The van der Waals surface area contributed by atoms with Crippen molar-refractivity contribution in [1.82, 2.24) is 25.5 Å². The van der Waals surface area contributed by atoms with Gasteiger partial charge in [-0.2, -0.15) is 0 Å². The molecule has 3 rings (SSSR count). The topological polar surface area (TPSA) is 114 Å². The molecule has 1 aromatic carbocycles. The van der Waals surface area contributed by atoms with Gasteiger partial charge in [0.15, 0.2) is 0 Å². The van der Waals surface area contributed by atoms with Crippen LogP contribution in [0.4, 0.5) is 4.79 Å². The summed E-state index contributed by atoms with van der Waals surface area (Å²) in [6.45, 7) is 10.8. The summed E-state index contributed by atoms with van der Waals surface area (Å²) in [5.74, 6) is 0.0186. The zero-order valence-corrected chi connectivity index (χ0v) is 20.0. The Balaban J connectivity index is 1.43. The third kappa shape index (κ3) is 6.87. The SMILES string of the molecule is Cc1nc2ccc(C(=O)NCC3CCN(C(=O)CNC(=O)OC(C)(C)C)CC3)cc2nc1C. The Labute approximate surface area is 194 Å². The van der Waals surface area contributed by atoms with Gasteiger partial charge in [-0.3, -0.25) is 9.59 Å². The fourth-order valence-corrected chi connectivity index (χ4v) is 3.67. The molecule has 1 saturated heterocycles. The molecule has 0 atom stereocenters. The first-order valence-corrected chi connectivity index (χ1v) is 11.3. The number of rotatable bonds is 5. The van der Waals surface area contributed by atoms with Crippen molar-refractivity contribution in [3.63, 3.8) is 0 Å². The van der Waals surface area contributed by atoms with E-state index in [1.54, 1.807) is 37.8 Å². The van der Waals surface area contributed by atoms with Crippen LogP contribution < -0.4 is 10.6 Å². The van der Waals surface area contributed by atoms with E-state index in [2.05, 4.69) is 20.6 Å². The zero-order valence-electron chi connectivity index (χ0n) is 20.0. The van der Waals surface area contributed by atoms with E-state index in [1.165, 1.54) is 0 Å². The van der Waals surface area contributed by atoms with Crippen molar-refractivity contribution < 1.29 is 19.1 Å². The van der Waals surface area contributed by atoms with E-state index in [4.69, 9.17) is 4.74 Å². The minimum atomic E-state index is -0.603. The number of piperidine rings is 1. The van der Waals surface area contributed by atoms with Crippen molar-refractivity contribution in [3.8, 4) is 0 Å². The molecule has 9 heteroatoms. The molecule has 1 fully saturated rings. The number of fused-ring (bicyclic) bond motifs is 1. The Morgan fingerprint density at radius 2 is 1.67 bits per heavy atom. The maximum Gasteiger partial charge on any atom is 0.408 e. The number of carbonyl (C=O) groups is 3. The highest BCUT2D eigenvalue weighted by atomic mass is 16.6. The van der Waals surface area contributed by atoms with Gasteiger partial charge in [0.2, 0.25) is 5.91 Å². The molecule has 0 bridgehead atoms. The van der Waals surface area contributed by atoms with Crippen LogP contribution in [0.25, 0.3) is 11.0 Å². The second-order valence-corrected chi connectivity index (χ2v) is 9.49. The summed E-state index contributed by atoms with van der Waals surface area (Å²) in [5.41, 5.74) is 3.16. The first-order valence-electron chi connectivity index (χ1n) is 11.3. The number of nitrogens with one attached hydrogen (secondary N) is 2. The standard InChI is InChI=1S/C24H33N5O4/c1-15-16(2)28-20-12-18(6-7-19(20)27-15)22(31)25-13-17-8-10-29(11-9-17)21(30)14-26-23(32)33-24(3,4)5/h6-7,12,17H,8-11,13-14H2,1-5H3,(H,25,31)(H,26,32). The van der Waals surface area contributed by atoms with Crippen LogP contribution in [0.5, 0.6) is 0 Å². The van der Waals surface area contributed by atoms with Crippen molar-refractivity contribution in [2.45, 2.75) is 53.1 Å². The van der Waals surface area contributed by atoms with Crippen LogP contribution in [0.1, 0.15) is 55.4 Å². The maximum atomic E-state index is 12.6. The van der Waals surface area contributed by atoms with Crippen molar-refractivity contribution in [3.05, 3.63) is 35.2 Å². The van der Waals surface area contributed by atoms with Gasteiger partial charge >= 0.3 is 6.09 Å². The number of aryl methyl sites for hydroxylation is 2. The monoisotopic (exact) mass is 455 g/mol. The van der Waals surface area contributed by atoms with Crippen LogP contribution in [-0.2, 0) is 9.53 Å². The van der Waals surface area contributed by atoms with Crippen molar-refractivity contribution in [2.75, 3.05) is 26.2 Å². The molecule has 178 valence electrons. The molecule has 1 aliphatic heterocycles. The van der Waals surface area contributed by atoms with Crippen LogP contribution in [0.3, 0.4) is 0 Å². The maximum absolute atomic E-state index is 12.6. The highest BCUT2D eigenvalue weighted by Crippen LogP contribution is 2.18. The van der Waals surface area contributed by atoms with Crippen LogP contribution >= 0.6 is 0 Å². The smallest absolute Gasteiger partial charge is 0.408 e. The number of ether oxygens (including phenoxy) is 1. The summed E-state index contributed by atoms with van der Waals surface area (Å²) < 4.78 is 5.15. The molecule has 9 nitrogen and oxygen atoms in total. The number of carbonyl (C=O) groups excluding carboxylic acids is 3. The van der Waals surface area contributed by atoms with Gasteiger partial charge in [0.25, 0.3) is 5.91 Å². The second kappa shape index (κ2) is 10.1. The van der Waals surface area contributed by atoms with Gasteiger partial charge in [-0.15, -0.1) is 0 Å². The molecule has 0 saturated carbocycles. The fraction of sp³-hybridized carbons (Fsp3) is 0.542. The predicted octanol–water partition coefficient (Wildman–Crippen LogP) is 2.74. The molecule has 0 radical (unpaired) electrons. The van der Waals surface area contributed by atoms with Gasteiger partial charge in [0.05, 0.1) is 22.4 Å². The first kappa shape index (κ1) is 24.4. The number of aromatic nitrogens is 2. The third-order valence-electron chi connectivity index (χ3n) is 5.64. The van der Waals surface area contributed by atoms with Crippen LogP contribution in [0.15, 0.2) is 18.2 Å². The number of nitrogens with zero attached hydrogens (tertiary/aromatic N) is 3. The van der Waals surface area contributed by atoms with Crippen LogP contribution in [0, 0.1) is 19.8 Å². The van der Waals surface area contributed by atoms with Crippen LogP contribution in [0.2, 0.25) is 0 Å². The van der Waals surface area contributed by atoms with E-state index in [9.17, 15) is 14.4 Å². The van der Waals surface area contributed by atoms with E-state index in [1.807, 2.05) is 19.9 Å². The highest BCUT2D eigenvalue weighted by Gasteiger charge is 2.24. The average molecular weight is 456 g/mol. The van der Waals surface area contributed by atoms with E-state index in [0.717, 1.165) is 29.7 Å². The molecule has 2 heterocycles. The lowest BCUT2D eigenvalue weighted by molar-refractivity contribution is -0.131. The number of hydrogen-bond acceptors (Lipinski definition) is 6. The lowest BCUT2D eigenvalue weighted by atomic mass is 9.96. The molecule has 0 aliphatic carbocycles. The minimum Gasteiger partial charge on any atom is -0.444 e. The molecule has 33 heavy (non-hydrogen) atoms. The van der Waals surface area contributed by atoms with Gasteiger partial charge < -0.3 is 20.3 Å². The number of hydrogen-bond donors (Lipinski definition) is 2. The van der Waals surface area contributed by atoms with Gasteiger partial charge in [-0.1, -0.05) is 0 Å². The van der Waals surface area contributed by atoms with Crippen LogP contribution in [-0.4, -0.2) is 64.6 Å². The molecule has 1 aromatic heterocycles. The summed E-state index contributed by atoms with van der Waals surface area (Å²) in [6, 6.07) is 5.35. The molecule has 0 spiro atoms. The quantitative estimate of drug-likeness (QED) is 0.717. The molecular formula is C24H33N5O4. The molecule has 1 aliphatic rings. The third-order valence-corrected chi connectivity index (χ3v) is 5.64. The number of amides is 3. The Morgan fingerprint density at radius 1 is 1.03 bits per heavy atom.